The molecule has 3 atom stereocenters. The molecule has 2 saturated heterocycles. The van der Waals surface area contributed by atoms with E-state index in [0.717, 1.165) is 0 Å². The molecule has 6 heterocycles. The molecule has 4 aromatic heterocycles. The number of fused-ring (bicyclic) bond motifs is 2. The van der Waals surface area contributed by atoms with Crippen LogP contribution in [0.25, 0.3) is 27.8 Å². The number of rotatable bonds is 15. The topological polar surface area (TPSA) is 196 Å². The van der Waals surface area contributed by atoms with Crippen LogP contribution in [-0.2, 0) is 22.8 Å². The van der Waals surface area contributed by atoms with Crippen LogP contribution in [0.5, 0.6) is 5.75 Å². The van der Waals surface area contributed by atoms with Crippen molar-refractivity contribution in [3.8, 4) is 17.0 Å². The molecule has 2 aromatic carbocycles. The fraction of sp³-hybridized carbons (Fsp3) is 0.415. The third-order valence-corrected chi connectivity index (χ3v) is 12.9. The first-order valence-electron chi connectivity index (χ1n) is 20.5. The molecule has 0 saturated carbocycles. The highest BCUT2D eigenvalue weighted by molar-refractivity contribution is 7.82. The number of nitrogens with zero attached hydrogens (tertiary/aromatic N) is 9. The maximum atomic E-state index is 16.1. The van der Waals surface area contributed by atoms with Gasteiger partial charge in [-0.15, -0.1) is 5.10 Å². The average molecular weight is 868 g/mol. The van der Waals surface area contributed by atoms with Crippen molar-refractivity contribution in [2.24, 2.45) is 13.0 Å². The molecule has 0 spiro atoms. The lowest BCUT2D eigenvalue weighted by molar-refractivity contribution is -0.116. The molecule has 17 nitrogen and oxygen atoms in total. The molecule has 2 fully saturated rings. The van der Waals surface area contributed by atoms with Gasteiger partial charge < -0.3 is 25.8 Å². The Bertz CT molecular complexity index is 2610. The standard InChI is InChI=1S/C41H48BF2N13O4S/c1-5-45-15-12-33(58)50-38-30-10-9-29(34(44)36(30)54(4)52-38)25-13-17-55(18-14-25)41(42,59)27-7-6-16-56(22-27)62(60)28-8-11-32(31(43)19-28)49-40-51-39-37(61-24(2)3)35(26-20-47-48-21-26)46-23-57(39)53-40/h5,8-11,19-21,23-25,27,45,59H,1,6-7,12-18,22H2,2-4H3,(H,47,48)(H,49,53)(H,50,52,58). The van der Waals surface area contributed by atoms with Gasteiger partial charge in [-0.05, 0) is 81.5 Å². The Kier molecular flexibility index (Phi) is 12.4. The maximum Gasteiger partial charge on any atom is 0.247 e. The molecule has 62 heavy (non-hydrogen) atoms. The number of aryl methyl sites for hydroxylation is 1. The van der Waals surface area contributed by atoms with Crippen LogP contribution in [0, 0.1) is 17.6 Å². The first-order chi connectivity index (χ1) is 29.8. The summed E-state index contributed by atoms with van der Waals surface area (Å²) in [6, 6.07) is 7.80. The number of ether oxygens (including phenoxy) is 1. The van der Waals surface area contributed by atoms with E-state index in [-0.39, 0.29) is 47.4 Å². The summed E-state index contributed by atoms with van der Waals surface area (Å²) >= 11 is 0. The number of likely N-dealkylation sites (tertiary alicyclic amines) is 1. The van der Waals surface area contributed by atoms with E-state index in [1.165, 1.54) is 33.9 Å². The van der Waals surface area contributed by atoms with E-state index in [9.17, 15) is 14.1 Å². The summed E-state index contributed by atoms with van der Waals surface area (Å²) in [4.78, 5) is 23.5. The number of halogens is 2. The number of hydrogen-bond acceptors (Lipinski definition) is 12. The smallest absolute Gasteiger partial charge is 0.247 e. The van der Waals surface area contributed by atoms with E-state index < -0.39 is 34.2 Å². The number of piperidine rings is 2. The minimum Gasteiger partial charge on any atom is -0.485 e. The summed E-state index contributed by atoms with van der Waals surface area (Å²) < 4.78 is 56.3. The van der Waals surface area contributed by atoms with Gasteiger partial charge in [-0.25, -0.2) is 22.3 Å². The zero-order valence-corrected chi connectivity index (χ0v) is 35.5. The van der Waals surface area contributed by atoms with E-state index in [2.05, 4.69) is 52.9 Å². The molecule has 3 unspecified atom stereocenters. The Labute approximate surface area is 360 Å². The predicted octanol–water partition coefficient (Wildman–Crippen LogP) is 4.70. The van der Waals surface area contributed by atoms with Crippen molar-refractivity contribution in [2.45, 2.75) is 68.5 Å². The van der Waals surface area contributed by atoms with E-state index in [0.29, 0.717) is 96.8 Å². The normalized spacial score (nSPS) is 18.2. The first-order valence-corrected chi connectivity index (χ1v) is 21.6. The van der Waals surface area contributed by atoms with Crippen LogP contribution in [-0.4, -0.2) is 116 Å². The number of H-pyrrole nitrogens is 1. The molecule has 0 bridgehead atoms. The minimum atomic E-state index is -1.75. The van der Waals surface area contributed by atoms with Crippen molar-refractivity contribution >= 4 is 58.7 Å². The zero-order valence-electron chi connectivity index (χ0n) is 34.6. The third-order valence-electron chi connectivity index (χ3n) is 11.4. The van der Waals surface area contributed by atoms with Crippen LogP contribution < -0.4 is 20.7 Å². The van der Waals surface area contributed by atoms with Gasteiger partial charge in [0.05, 0.1) is 28.5 Å². The van der Waals surface area contributed by atoms with Crippen molar-refractivity contribution in [1.29, 1.82) is 0 Å². The SMILES string of the molecule is [B]C(O)(C1CCCN(S(=O)c2ccc(Nc3nc4c(OC(C)C)c(-c5cn[nH]c5)ncn4n3)c(F)c2)C1)N1CCC(c2ccc3c(NC(=O)CCNC=C)nn(C)c3c2F)CC1. The number of carbonyl (C=O) groups is 1. The van der Waals surface area contributed by atoms with Crippen LogP contribution in [0.1, 0.15) is 57.4 Å². The maximum absolute atomic E-state index is 16.1. The van der Waals surface area contributed by atoms with E-state index >= 15 is 8.78 Å². The summed E-state index contributed by atoms with van der Waals surface area (Å²) in [5, 5.41) is 36.5. The number of aromatic amines is 1. The second-order valence-corrected chi connectivity index (χ2v) is 17.3. The van der Waals surface area contributed by atoms with Crippen LogP contribution in [0.2, 0.25) is 0 Å². The molecule has 21 heteroatoms. The Balaban J connectivity index is 0.898. The van der Waals surface area contributed by atoms with Gasteiger partial charge in [0.1, 0.15) is 42.2 Å². The number of benzene rings is 2. The van der Waals surface area contributed by atoms with Gasteiger partial charge in [-0.1, -0.05) is 12.6 Å². The average Bonchev–Trinajstić information content (AvgIpc) is 4.01. The van der Waals surface area contributed by atoms with Crippen molar-refractivity contribution in [3.05, 3.63) is 79.0 Å². The minimum absolute atomic E-state index is 0.0779. The Hall–Kier alpha value is -5.77. The van der Waals surface area contributed by atoms with Crippen LogP contribution in [0.3, 0.4) is 0 Å². The first kappa shape index (κ1) is 42.9. The second-order valence-electron chi connectivity index (χ2n) is 15.9. The van der Waals surface area contributed by atoms with Gasteiger partial charge in [0.15, 0.2) is 17.4 Å². The molecule has 5 N–H and O–H groups in total. The lowest BCUT2D eigenvalue weighted by Crippen LogP contribution is -2.60. The summed E-state index contributed by atoms with van der Waals surface area (Å²) in [5.41, 5.74) is 0.798. The number of nitrogens with one attached hydrogen (secondary N) is 4. The van der Waals surface area contributed by atoms with Crippen molar-refractivity contribution in [3.63, 3.8) is 0 Å². The molecule has 2 aliphatic rings. The van der Waals surface area contributed by atoms with E-state index in [4.69, 9.17) is 12.6 Å². The number of hydrogen-bond donors (Lipinski definition) is 5. The monoisotopic (exact) mass is 867 g/mol. The lowest BCUT2D eigenvalue weighted by atomic mass is 9.73. The molecular weight excluding hydrogens is 819 g/mol. The molecular formula is C41H48BF2N13O4S. The number of anilines is 3. The quantitative estimate of drug-likeness (QED) is 0.0707. The third kappa shape index (κ3) is 8.66. The predicted molar refractivity (Wildman–Crippen MR) is 231 cm³/mol. The zero-order chi connectivity index (χ0) is 43.7. The van der Waals surface area contributed by atoms with Crippen molar-refractivity contribution in [2.75, 3.05) is 43.4 Å². The number of carbonyl (C=O) groups excluding carboxylic acids is 1. The second kappa shape index (κ2) is 17.9. The molecule has 6 aromatic rings. The summed E-state index contributed by atoms with van der Waals surface area (Å²) in [6.45, 7) is 9.27. The van der Waals surface area contributed by atoms with Crippen LogP contribution in [0.4, 0.5) is 26.2 Å². The van der Waals surface area contributed by atoms with Gasteiger partial charge in [-0.3, -0.25) is 19.5 Å². The fourth-order valence-electron chi connectivity index (χ4n) is 8.27. The number of amides is 1. The Morgan fingerprint density at radius 3 is 2.71 bits per heavy atom. The molecule has 2 aliphatic heterocycles. The molecule has 324 valence electrons. The molecule has 0 aliphatic carbocycles. The molecule has 1 amide bonds. The lowest BCUT2D eigenvalue weighted by Gasteiger charge is -2.49. The largest absolute Gasteiger partial charge is 0.485 e. The van der Waals surface area contributed by atoms with Crippen molar-refractivity contribution in [1.82, 2.24) is 54.1 Å². The van der Waals surface area contributed by atoms with E-state index in [1.807, 2.05) is 18.7 Å². The van der Waals surface area contributed by atoms with E-state index in [1.54, 1.807) is 41.9 Å². The molecule has 8 rings (SSSR count). The summed E-state index contributed by atoms with van der Waals surface area (Å²) in [5.74, 6) is -1.10. The van der Waals surface area contributed by atoms with Gasteiger partial charge in [0, 0.05) is 69.3 Å². The van der Waals surface area contributed by atoms with Crippen LogP contribution in [0.15, 0.2) is 66.7 Å². The molecule has 2 radical (unpaired) electrons. The van der Waals surface area contributed by atoms with Gasteiger partial charge in [-0.2, -0.15) is 19.7 Å². The Morgan fingerprint density at radius 1 is 1.18 bits per heavy atom. The Morgan fingerprint density at radius 2 is 1.98 bits per heavy atom. The fourth-order valence-corrected chi connectivity index (χ4v) is 9.57. The van der Waals surface area contributed by atoms with Crippen molar-refractivity contribution < 1.29 is 27.6 Å². The highest BCUT2D eigenvalue weighted by Gasteiger charge is 2.42. The highest BCUT2D eigenvalue weighted by Crippen LogP contribution is 2.39. The summed E-state index contributed by atoms with van der Waals surface area (Å²) in [6.07, 6.45) is 8.63. The number of aromatic nitrogens is 8. The van der Waals surface area contributed by atoms with Gasteiger partial charge in [0.2, 0.25) is 17.5 Å². The summed E-state index contributed by atoms with van der Waals surface area (Å²) in [7, 11) is 6.59. The van der Waals surface area contributed by atoms with Gasteiger partial charge in [0.25, 0.3) is 0 Å². The van der Waals surface area contributed by atoms with Crippen LogP contribution >= 0.6 is 0 Å². The highest BCUT2D eigenvalue weighted by atomic mass is 32.2. The van der Waals surface area contributed by atoms with Gasteiger partial charge >= 0.3 is 0 Å². The number of aliphatic hydroxyl groups is 1.